The molecule has 0 saturated carbocycles. The van der Waals surface area contributed by atoms with Crippen LogP contribution in [0.4, 0.5) is 0 Å². The zero-order chi connectivity index (χ0) is 12.8. The molecule has 4 nitrogen and oxygen atoms in total. The third-order valence-electron chi connectivity index (χ3n) is 1.93. The molecule has 1 rings (SSSR count). The third-order valence-corrected chi connectivity index (χ3v) is 1.93. The van der Waals surface area contributed by atoms with Crippen molar-refractivity contribution >= 4 is 11.5 Å². The van der Waals surface area contributed by atoms with Crippen molar-refractivity contribution in [3.8, 4) is 0 Å². The summed E-state index contributed by atoms with van der Waals surface area (Å²) < 4.78 is 10.1. The molecule has 0 aliphatic rings. The van der Waals surface area contributed by atoms with Crippen LogP contribution in [0.1, 0.15) is 12.5 Å². The van der Waals surface area contributed by atoms with Gasteiger partial charge in [0.25, 0.3) is 5.95 Å². The fourth-order valence-electron chi connectivity index (χ4n) is 1.29. The molecule has 0 aromatic heterocycles. The Morgan fingerprint density at radius 2 is 1.88 bits per heavy atom. The molecule has 0 saturated heterocycles. The van der Waals surface area contributed by atoms with Crippen LogP contribution >= 0.6 is 0 Å². The summed E-state index contributed by atoms with van der Waals surface area (Å²) in [5.41, 5.74) is 0.481. The van der Waals surface area contributed by atoms with Gasteiger partial charge in [0.2, 0.25) is 0 Å². The van der Waals surface area contributed by atoms with E-state index in [-0.39, 0.29) is 11.5 Å². The number of hydrogen-bond donors (Lipinski definition) is 1. The first kappa shape index (κ1) is 12.8. The molecule has 0 aliphatic carbocycles. The molecular formula is C13H14O4. The number of allylic oxidation sites excluding steroid dienone is 1. The zero-order valence-electron chi connectivity index (χ0n) is 9.77. The van der Waals surface area contributed by atoms with Crippen LogP contribution in [0.5, 0.6) is 0 Å². The van der Waals surface area contributed by atoms with E-state index in [1.807, 2.05) is 0 Å². The maximum absolute atomic E-state index is 11.2. The van der Waals surface area contributed by atoms with Gasteiger partial charge in [0, 0.05) is 0 Å². The minimum atomic E-state index is -1.12. The summed E-state index contributed by atoms with van der Waals surface area (Å²) >= 11 is 0. The maximum Gasteiger partial charge on any atom is 0.343 e. The van der Waals surface area contributed by atoms with Crippen LogP contribution in [0, 0.1) is 0 Å². The molecule has 0 atom stereocenters. The highest BCUT2D eigenvalue weighted by Crippen LogP contribution is 2.21. The molecule has 0 spiro atoms. The Kier molecular flexibility index (Phi) is 4.34. The lowest BCUT2D eigenvalue weighted by Crippen LogP contribution is -2.07. The second-order valence-electron chi connectivity index (χ2n) is 3.34. The minimum absolute atomic E-state index is 0.0314. The molecule has 0 amide bonds. The predicted octanol–water partition coefficient (Wildman–Crippen LogP) is 2.64. The van der Waals surface area contributed by atoms with Crippen molar-refractivity contribution in [1.82, 2.24) is 0 Å². The highest BCUT2D eigenvalue weighted by Gasteiger charge is 2.19. The molecule has 0 radical (unpaired) electrons. The van der Waals surface area contributed by atoms with Gasteiger partial charge in [-0.25, -0.2) is 4.79 Å². The second-order valence-corrected chi connectivity index (χ2v) is 3.34. The van der Waals surface area contributed by atoms with E-state index in [0.717, 1.165) is 0 Å². The van der Waals surface area contributed by atoms with Crippen LogP contribution in [-0.2, 0) is 14.3 Å². The number of carbonyl (C=O) groups is 1. The largest absolute Gasteiger partial charge is 0.477 e. The van der Waals surface area contributed by atoms with Crippen LogP contribution in [0.3, 0.4) is 0 Å². The van der Waals surface area contributed by atoms with E-state index in [2.05, 4.69) is 6.58 Å². The maximum atomic E-state index is 11.2. The molecule has 1 aromatic carbocycles. The van der Waals surface area contributed by atoms with Gasteiger partial charge in [-0.05, 0) is 12.5 Å². The minimum Gasteiger partial charge on any atom is -0.477 e. The summed E-state index contributed by atoms with van der Waals surface area (Å²) in [5.74, 6) is -0.831. The molecule has 0 unspecified atom stereocenters. The summed E-state index contributed by atoms with van der Waals surface area (Å²) in [7, 11) is 1.35. The smallest absolute Gasteiger partial charge is 0.343 e. The van der Waals surface area contributed by atoms with Crippen LogP contribution in [0.2, 0.25) is 0 Å². The van der Waals surface area contributed by atoms with E-state index in [4.69, 9.17) is 9.47 Å². The number of rotatable bonds is 5. The van der Waals surface area contributed by atoms with E-state index < -0.39 is 5.97 Å². The highest BCUT2D eigenvalue weighted by molar-refractivity contribution is 6.15. The SMILES string of the molecule is C=C(C)OC(OC)=C(C(=O)O)c1ccccc1. The van der Waals surface area contributed by atoms with Gasteiger partial charge in [0.15, 0.2) is 0 Å². The topological polar surface area (TPSA) is 55.8 Å². The van der Waals surface area contributed by atoms with E-state index in [0.29, 0.717) is 11.3 Å². The number of ether oxygens (including phenoxy) is 2. The molecule has 0 heterocycles. The second kappa shape index (κ2) is 5.75. The summed E-state index contributed by atoms with van der Waals surface area (Å²) in [5, 5.41) is 9.19. The van der Waals surface area contributed by atoms with Gasteiger partial charge in [0.1, 0.15) is 5.57 Å². The molecule has 4 heteroatoms. The van der Waals surface area contributed by atoms with Crippen LogP contribution in [-0.4, -0.2) is 18.2 Å². The van der Waals surface area contributed by atoms with Crippen molar-refractivity contribution in [3.05, 3.63) is 54.2 Å². The van der Waals surface area contributed by atoms with E-state index in [1.54, 1.807) is 37.3 Å². The van der Waals surface area contributed by atoms with Crippen LogP contribution < -0.4 is 0 Å². The Morgan fingerprint density at radius 3 is 2.29 bits per heavy atom. The first-order valence-corrected chi connectivity index (χ1v) is 4.96. The van der Waals surface area contributed by atoms with Crippen LogP contribution in [0.25, 0.3) is 5.57 Å². The van der Waals surface area contributed by atoms with Crippen molar-refractivity contribution in [2.24, 2.45) is 0 Å². The Balaban J connectivity index is 3.28. The Labute approximate surface area is 99.8 Å². The number of aliphatic carboxylic acids is 1. The highest BCUT2D eigenvalue weighted by atomic mass is 16.7. The molecule has 90 valence electrons. The quantitative estimate of drug-likeness (QED) is 0.628. The number of hydrogen-bond acceptors (Lipinski definition) is 3. The van der Waals surface area contributed by atoms with Gasteiger partial charge in [-0.2, -0.15) is 0 Å². The van der Waals surface area contributed by atoms with Gasteiger partial charge in [-0.15, -0.1) is 0 Å². The Morgan fingerprint density at radius 1 is 1.29 bits per heavy atom. The fraction of sp³-hybridized carbons (Fsp3) is 0.154. The number of carboxylic acid groups (broad SMARTS) is 1. The lowest BCUT2D eigenvalue weighted by Gasteiger charge is -2.11. The van der Waals surface area contributed by atoms with E-state index >= 15 is 0 Å². The fourth-order valence-corrected chi connectivity index (χ4v) is 1.29. The molecule has 0 fully saturated rings. The number of methoxy groups -OCH3 is 1. The van der Waals surface area contributed by atoms with Crippen molar-refractivity contribution in [2.75, 3.05) is 7.11 Å². The molecule has 17 heavy (non-hydrogen) atoms. The molecule has 1 aromatic rings. The lowest BCUT2D eigenvalue weighted by molar-refractivity contribution is -0.130. The standard InChI is InChI=1S/C13H14O4/c1-9(2)17-13(16-3)11(12(14)15)10-7-5-4-6-8-10/h4-8H,1H2,2-3H3,(H,14,15). The monoisotopic (exact) mass is 234 g/mol. The summed E-state index contributed by atoms with van der Waals surface area (Å²) in [6, 6.07) is 8.63. The average molecular weight is 234 g/mol. The normalized spacial score (nSPS) is 11.4. The molecular weight excluding hydrogens is 220 g/mol. The zero-order valence-corrected chi connectivity index (χ0v) is 9.77. The van der Waals surface area contributed by atoms with Crippen LogP contribution in [0.15, 0.2) is 48.6 Å². The summed E-state index contributed by atoms with van der Waals surface area (Å²) in [6.07, 6.45) is 0. The predicted molar refractivity (Wildman–Crippen MR) is 63.9 cm³/mol. The lowest BCUT2D eigenvalue weighted by atomic mass is 10.1. The van der Waals surface area contributed by atoms with Gasteiger partial charge in [-0.3, -0.25) is 0 Å². The average Bonchev–Trinajstić information content (AvgIpc) is 2.28. The van der Waals surface area contributed by atoms with Crippen molar-refractivity contribution in [1.29, 1.82) is 0 Å². The van der Waals surface area contributed by atoms with Crippen molar-refractivity contribution in [3.63, 3.8) is 0 Å². The first-order chi connectivity index (χ1) is 8.06. The summed E-state index contributed by atoms with van der Waals surface area (Å²) in [4.78, 5) is 11.2. The third kappa shape index (κ3) is 3.38. The van der Waals surface area contributed by atoms with Gasteiger partial charge < -0.3 is 14.6 Å². The Hall–Kier alpha value is -2.23. The number of carboxylic acids is 1. The van der Waals surface area contributed by atoms with Crippen molar-refractivity contribution < 1.29 is 19.4 Å². The van der Waals surface area contributed by atoms with E-state index in [1.165, 1.54) is 7.11 Å². The summed E-state index contributed by atoms with van der Waals surface area (Å²) in [6.45, 7) is 5.16. The van der Waals surface area contributed by atoms with Crippen molar-refractivity contribution in [2.45, 2.75) is 6.92 Å². The first-order valence-electron chi connectivity index (χ1n) is 4.96. The van der Waals surface area contributed by atoms with E-state index in [9.17, 15) is 9.90 Å². The van der Waals surface area contributed by atoms with Gasteiger partial charge in [0.05, 0.1) is 12.9 Å². The Bertz CT molecular complexity index is 446. The van der Waals surface area contributed by atoms with Gasteiger partial charge in [-0.1, -0.05) is 36.9 Å². The molecule has 0 bridgehead atoms. The molecule has 0 aliphatic heterocycles. The molecule has 1 N–H and O–H groups in total. The van der Waals surface area contributed by atoms with Gasteiger partial charge >= 0.3 is 5.97 Å². The number of benzene rings is 1.